The van der Waals surface area contributed by atoms with E-state index in [0.717, 1.165) is 6.42 Å². The van der Waals surface area contributed by atoms with Crippen molar-refractivity contribution in [1.82, 2.24) is 0 Å². The van der Waals surface area contributed by atoms with Gasteiger partial charge in [-0.1, -0.05) is 6.92 Å². The number of hydrogen-bond donors (Lipinski definition) is 1. The Labute approximate surface area is 67.0 Å². The van der Waals surface area contributed by atoms with Crippen molar-refractivity contribution in [3.05, 3.63) is 0 Å². The van der Waals surface area contributed by atoms with Gasteiger partial charge in [-0.15, -0.1) is 0 Å². The molecule has 0 heterocycles. The van der Waals surface area contributed by atoms with Crippen molar-refractivity contribution in [2.24, 2.45) is 0 Å². The van der Waals surface area contributed by atoms with E-state index in [9.17, 15) is 0 Å². The summed E-state index contributed by atoms with van der Waals surface area (Å²) in [5, 5.41) is 7.88. The molecule has 55 valence electrons. The fraction of sp³-hybridized carbons (Fsp3) is 1.00. The minimum atomic E-state index is -1.75. The van der Waals surface area contributed by atoms with Gasteiger partial charge in [-0.05, 0) is 6.42 Å². The summed E-state index contributed by atoms with van der Waals surface area (Å²) in [6, 6.07) is 0. The van der Waals surface area contributed by atoms with Crippen LogP contribution in [0.1, 0.15) is 13.3 Å². The maximum atomic E-state index is 7.88. The molecule has 0 aromatic carbocycles. The summed E-state index contributed by atoms with van der Waals surface area (Å²) in [6.45, 7) is 2.25. The zero-order chi connectivity index (χ0) is 6.99. The first-order chi connectivity index (χ1) is 3.65. The summed E-state index contributed by atoms with van der Waals surface area (Å²) in [7, 11) is 14.8. The number of rotatable bonds is 1. The van der Waals surface area contributed by atoms with Crippen LogP contribution in [0.15, 0.2) is 0 Å². The van der Waals surface area contributed by atoms with E-state index in [1.54, 1.807) is 0 Å². The van der Waals surface area contributed by atoms with Crippen molar-refractivity contribution in [3.8, 4) is 0 Å². The second-order valence-electron chi connectivity index (χ2n) is 0.875. The zero-order valence-electron chi connectivity index (χ0n) is 4.35. The van der Waals surface area contributed by atoms with Crippen LogP contribution in [-0.4, -0.2) is 11.7 Å². The van der Waals surface area contributed by atoms with Crippen LogP contribution in [0.3, 0.4) is 0 Å². The van der Waals surface area contributed by atoms with Gasteiger partial charge in [0.15, 0.2) is 0 Å². The van der Waals surface area contributed by atoms with E-state index in [4.69, 9.17) is 34.2 Å². The van der Waals surface area contributed by atoms with E-state index in [1.807, 2.05) is 6.92 Å². The predicted molar refractivity (Wildman–Crippen MR) is 34.9 cm³/mol. The Bertz CT molecular complexity index is 31.0. The molecule has 0 saturated heterocycles. The SMILES string of the molecule is CCCO.[Cl][Ru]([Cl])[Cl]. The Morgan fingerprint density at radius 2 is 1.50 bits per heavy atom. The topological polar surface area (TPSA) is 20.2 Å². The fourth-order valence-electron chi connectivity index (χ4n) is 0. The standard InChI is InChI=1S/C3H8O.3ClH.Ru/c1-2-3-4;;;;/h4H,2-3H2,1H3;3*1H;/q;;;;+3/p-3. The predicted octanol–water partition coefficient (Wildman–Crippen LogP) is 2.45. The molecule has 0 aliphatic rings. The van der Waals surface area contributed by atoms with Crippen LogP contribution in [0.5, 0.6) is 0 Å². The van der Waals surface area contributed by atoms with Crippen LogP contribution >= 0.6 is 29.1 Å². The maximum absolute atomic E-state index is 7.88. The molecule has 1 N–H and O–H groups in total. The first-order valence-corrected chi connectivity index (χ1v) is 8.64. The molecular weight excluding hydrogens is 259 g/mol. The molecule has 0 saturated carbocycles. The molecule has 0 aliphatic heterocycles. The van der Waals surface area contributed by atoms with Crippen molar-refractivity contribution in [3.63, 3.8) is 0 Å². The first-order valence-electron chi connectivity index (χ1n) is 1.92. The third-order valence-corrected chi connectivity index (χ3v) is 0.224. The van der Waals surface area contributed by atoms with Gasteiger partial charge < -0.3 is 5.11 Å². The van der Waals surface area contributed by atoms with Gasteiger partial charge in [0, 0.05) is 6.61 Å². The van der Waals surface area contributed by atoms with Gasteiger partial charge in [0.1, 0.15) is 0 Å². The number of hydrogen-bond acceptors (Lipinski definition) is 1. The second-order valence-corrected chi connectivity index (χ2v) is 8.79. The van der Waals surface area contributed by atoms with Gasteiger partial charge in [0.25, 0.3) is 0 Å². The Hall–Kier alpha value is 1.45. The van der Waals surface area contributed by atoms with Crippen LogP contribution in [0.25, 0.3) is 0 Å². The molecule has 0 spiro atoms. The molecule has 0 bridgehead atoms. The molecule has 0 rings (SSSR count). The van der Waals surface area contributed by atoms with E-state index in [1.165, 1.54) is 0 Å². The van der Waals surface area contributed by atoms with Crippen LogP contribution in [0.4, 0.5) is 0 Å². The van der Waals surface area contributed by atoms with E-state index in [-0.39, 0.29) is 0 Å². The molecule has 0 aromatic rings. The first kappa shape index (κ1) is 12.2. The Kier molecular flexibility index (Phi) is 17.1. The number of aliphatic hydroxyl groups is 1. The number of aliphatic hydroxyl groups excluding tert-OH is 1. The third-order valence-electron chi connectivity index (χ3n) is 0.224. The third kappa shape index (κ3) is 51.6. The van der Waals surface area contributed by atoms with Gasteiger partial charge in [0.05, 0.1) is 0 Å². The molecule has 1 nitrogen and oxygen atoms in total. The Balaban J connectivity index is 0. The van der Waals surface area contributed by atoms with Crippen LogP contribution < -0.4 is 0 Å². The Morgan fingerprint density at radius 3 is 1.50 bits per heavy atom. The molecular formula is C3H8Cl3ORu. The quantitative estimate of drug-likeness (QED) is 0.724. The molecule has 5 heteroatoms. The Morgan fingerprint density at radius 1 is 1.38 bits per heavy atom. The molecule has 0 amide bonds. The summed E-state index contributed by atoms with van der Waals surface area (Å²) in [4.78, 5) is 0. The van der Waals surface area contributed by atoms with Crippen molar-refractivity contribution in [2.45, 2.75) is 13.3 Å². The van der Waals surface area contributed by atoms with Crippen molar-refractivity contribution >= 4 is 29.1 Å². The van der Waals surface area contributed by atoms with Crippen LogP contribution in [-0.2, 0) is 13.0 Å². The van der Waals surface area contributed by atoms with Gasteiger partial charge in [-0.25, -0.2) is 0 Å². The monoisotopic (exact) mass is 267 g/mol. The van der Waals surface area contributed by atoms with E-state index in [2.05, 4.69) is 0 Å². The number of halogens is 3. The van der Waals surface area contributed by atoms with Crippen molar-refractivity contribution < 1.29 is 18.1 Å². The van der Waals surface area contributed by atoms with Gasteiger partial charge >= 0.3 is 42.1 Å². The molecule has 0 fully saturated rings. The van der Waals surface area contributed by atoms with Gasteiger partial charge in [0.2, 0.25) is 0 Å². The summed E-state index contributed by atoms with van der Waals surface area (Å²) in [6.07, 6.45) is 0.875. The molecule has 0 radical (unpaired) electrons. The zero-order valence-corrected chi connectivity index (χ0v) is 8.35. The normalized spacial score (nSPS) is 9.38. The summed E-state index contributed by atoms with van der Waals surface area (Å²) >= 11 is -1.75. The molecule has 0 atom stereocenters. The molecule has 0 aromatic heterocycles. The van der Waals surface area contributed by atoms with Crippen molar-refractivity contribution in [1.29, 1.82) is 0 Å². The minimum absolute atomic E-state index is 0.319. The molecule has 0 unspecified atom stereocenters. The average Bonchev–Trinajstić information content (AvgIpc) is 1.65. The van der Waals surface area contributed by atoms with E-state index < -0.39 is 13.0 Å². The van der Waals surface area contributed by atoms with Gasteiger partial charge in [-0.3, -0.25) is 0 Å². The fourth-order valence-corrected chi connectivity index (χ4v) is 0. The summed E-state index contributed by atoms with van der Waals surface area (Å²) < 4.78 is 0. The van der Waals surface area contributed by atoms with Gasteiger partial charge in [-0.2, -0.15) is 0 Å². The van der Waals surface area contributed by atoms with Crippen LogP contribution in [0, 0.1) is 0 Å². The van der Waals surface area contributed by atoms with Crippen LogP contribution in [0.2, 0.25) is 0 Å². The summed E-state index contributed by atoms with van der Waals surface area (Å²) in [5.41, 5.74) is 0. The van der Waals surface area contributed by atoms with Crippen molar-refractivity contribution in [2.75, 3.05) is 6.61 Å². The average molecular weight is 268 g/mol. The summed E-state index contributed by atoms with van der Waals surface area (Å²) in [5.74, 6) is 0. The van der Waals surface area contributed by atoms with E-state index >= 15 is 0 Å². The molecule has 8 heavy (non-hydrogen) atoms. The molecule has 0 aliphatic carbocycles. The van der Waals surface area contributed by atoms with E-state index in [0.29, 0.717) is 6.61 Å². The second kappa shape index (κ2) is 11.3.